The quantitative estimate of drug-likeness (QED) is 0.827. The zero-order valence-corrected chi connectivity index (χ0v) is 12.8. The number of hydrogen-bond acceptors (Lipinski definition) is 3. The molecule has 0 spiro atoms. The van der Waals surface area contributed by atoms with Crippen molar-refractivity contribution in [2.45, 2.75) is 6.92 Å². The first kappa shape index (κ1) is 15.5. The van der Waals surface area contributed by atoms with Gasteiger partial charge in [-0.25, -0.2) is 0 Å². The second-order valence-electron chi connectivity index (χ2n) is 4.20. The van der Waals surface area contributed by atoms with Gasteiger partial charge in [0.2, 0.25) is 0 Å². The van der Waals surface area contributed by atoms with Crippen molar-refractivity contribution < 1.29 is 9.53 Å². The van der Waals surface area contributed by atoms with E-state index >= 15 is 0 Å². The predicted octanol–water partition coefficient (Wildman–Crippen LogP) is 4.23. The number of para-hydroxylation sites is 1. The molecule has 0 saturated heterocycles. The van der Waals surface area contributed by atoms with Crippen LogP contribution in [0.4, 0.5) is 11.4 Å². The molecule has 0 aliphatic heterocycles. The molecule has 0 atom stereocenters. The Kier molecular flexibility index (Phi) is 4.94. The molecule has 0 aliphatic carbocycles. The number of nitrogen functional groups attached to an aromatic ring is 1. The van der Waals surface area contributed by atoms with Gasteiger partial charge in [-0.2, -0.15) is 0 Å². The Labute approximate surface area is 132 Å². The highest BCUT2D eigenvalue weighted by Gasteiger charge is 2.18. The molecule has 110 valence electrons. The highest BCUT2D eigenvalue weighted by molar-refractivity contribution is 6.40. The van der Waals surface area contributed by atoms with Crippen LogP contribution in [0.1, 0.15) is 17.3 Å². The van der Waals surface area contributed by atoms with Crippen LogP contribution in [-0.2, 0) is 0 Å². The van der Waals surface area contributed by atoms with Crippen molar-refractivity contribution in [1.29, 1.82) is 0 Å². The maximum Gasteiger partial charge on any atom is 0.261 e. The third-order valence-corrected chi connectivity index (χ3v) is 3.42. The van der Waals surface area contributed by atoms with Gasteiger partial charge in [0.15, 0.2) is 0 Å². The normalized spacial score (nSPS) is 10.2. The Hall–Kier alpha value is -1.91. The summed E-state index contributed by atoms with van der Waals surface area (Å²) >= 11 is 12.1. The summed E-state index contributed by atoms with van der Waals surface area (Å²) in [5.41, 5.74) is 6.80. The number of benzene rings is 2. The van der Waals surface area contributed by atoms with Gasteiger partial charge in [0.25, 0.3) is 5.91 Å². The predicted molar refractivity (Wildman–Crippen MR) is 86.4 cm³/mol. The zero-order chi connectivity index (χ0) is 15.4. The van der Waals surface area contributed by atoms with Crippen molar-refractivity contribution in [3.63, 3.8) is 0 Å². The molecule has 0 radical (unpaired) electrons. The molecule has 0 heterocycles. The smallest absolute Gasteiger partial charge is 0.261 e. The summed E-state index contributed by atoms with van der Waals surface area (Å²) < 4.78 is 5.43. The van der Waals surface area contributed by atoms with Gasteiger partial charge in [-0.15, -0.1) is 0 Å². The monoisotopic (exact) mass is 324 g/mol. The van der Waals surface area contributed by atoms with Crippen LogP contribution in [-0.4, -0.2) is 12.5 Å². The van der Waals surface area contributed by atoms with Crippen molar-refractivity contribution in [1.82, 2.24) is 0 Å². The van der Waals surface area contributed by atoms with E-state index in [1.54, 1.807) is 36.4 Å². The number of halogens is 2. The van der Waals surface area contributed by atoms with Crippen molar-refractivity contribution >= 4 is 40.5 Å². The van der Waals surface area contributed by atoms with Crippen molar-refractivity contribution in [2.24, 2.45) is 0 Å². The van der Waals surface area contributed by atoms with Crippen LogP contribution >= 0.6 is 23.2 Å². The summed E-state index contributed by atoms with van der Waals surface area (Å²) in [6.45, 7) is 2.26. The van der Waals surface area contributed by atoms with Gasteiger partial charge >= 0.3 is 0 Å². The number of carbonyl (C=O) groups is 1. The molecule has 0 fully saturated rings. The lowest BCUT2D eigenvalue weighted by Crippen LogP contribution is -2.16. The molecule has 2 aromatic rings. The SMILES string of the molecule is CCOc1cccc(N)c1C(=O)Nc1c(Cl)cccc1Cl. The van der Waals surface area contributed by atoms with Crippen LogP contribution < -0.4 is 15.8 Å². The second kappa shape index (κ2) is 6.70. The molecule has 0 saturated carbocycles. The molecule has 4 nitrogen and oxygen atoms in total. The molecule has 2 rings (SSSR count). The van der Waals surface area contributed by atoms with Gasteiger partial charge in [0, 0.05) is 5.69 Å². The molecule has 0 unspecified atom stereocenters. The summed E-state index contributed by atoms with van der Waals surface area (Å²) in [7, 11) is 0. The van der Waals surface area contributed by atoms with Crippen LogP contribution in [0.3, 0.4) is 0 Å². The highest BCUT2D eigenvalue weighted by Crippen LogP contribution is 2.32. The molecular weight excluding hydrogens is 311 g/mol. The Balaban J connectivity index is 2.37. The van der Waals surface area contributed by atoms with E-state index < -0.39 is 5.91 Å². The Bertz CT molecular complexity index is 654. The van der Waals surface area contributed by atoms with E-state index in [4.69, 9.17) is 33.7 Å². The third-order valence-electron chi connectivity index (χ3n) is 2.79. The summed E-state index contributed by atoms with van der Waals surface area (Å²) in [4.78, 5) is 12.4. The van der Waals surface area contributed by atoms with Crippen LogP contribution in [0.2, 0.25) is 10.0 Å². The first-order valence-electron chi connectivity index (χ1n) is 6.31. The number of rotatable bonds is 4. The highest BCUT2D eigenvalue weighted by atomic mass is 35.5. The fraction of sp³-hybridized carbons (Fsp3) is 0.133. The summed E-state index contributed by atoms with van der Waals surface area (Å²) in [5.74, 6) is -0.00951. The van der Waals surface area contributed by atoms with E-state index in [1.165, 1.54) is 0 Å². The van der Waals surface area contributed by atoms with E-state index in [0.717, 1.165) is 0 Å². The molecule has 3 N–H and O–H groups in total. The lowest BCUT2D eigenvalue weighted by Gasteiger charge is -2.14. The number of nitrogens with one attached hydrogen (secondary N) is 1. The summed E-state index contributed by atoms with van der Waals surface area (Å²) in [6.07, 6.45) is 0. The lowest BCUT2D eigenvalue weighted by atomic mass is 10.1. The van der Waals surface area contributed by atoms with E-state index in [2.05, 4.69) is 5.32 Å². The fourth-order valence-corrected chi connectivity index (χ4v) is 2.35. The topological polar surface area (TPSA) is 64.3 Å². The van der Waals surface area contributed by atoms with E-state index in [1.807, 2.05) is 6.92 Å². The molecule has 0 aliphatic rings. The lowest BCUT2D eigenvalue weighted by molar-refractivity contribution is 0.102. The molecule has 2 aromatic carbocycles. The molecule has 0 bridgehead atoms. The Morgan fingerprint density at radius 3 is 2.43 bits per heavy atom. The van der Waals surface area contributed by atoms with Crippen molar-refractivity contribution in [3.05, 3.63) is 52.0 Å². The van der Waals surface area contributed by atoms with Gasteiger partial charge in [0.1, 0.15) is 11.3 Å². The maximum atomic E-state index is 12.4. The van der Waals surface area contributed by atoms with Gasteiger partial charge in [-0.05, 0) is 31.2 Å². The zero-order valence-electron chi connectivity index (χ0n) is 11.3. The number of carbonyl (C=O) groups excluding carboxylic acids is 1. The average molecular weight is 325 g/mol. The van der Waals surface area contributed by atoms with E-state index in [-0.39, 0.29) is 5.56 Å². The fourth-order valence-electron chi connectivity index (χ4n) is 1.86. The standard InChI is InChI=1S/C15H14Cl2N2O2/c1-2-21-12-8-4-7-11(18)13(12)15(20)19-14-9(16)5-3-6-10(14)17/h3-8H,2,18H2,1H3,(H,19,20). The maximum absolute atomic E-state index is 12.4. The van der Waals surface area contributed by atoms with Crippen LogP contribution in [0.15, 0.2) is 36.4 Å². The van der Waals surface area contributed by atoms with Gasteiger partial charge in [0.05, 0.1) is 22.3 Å². The van der Waals surface area contributed by atoms with E-state index in [9.17, 15) is 4.79 Å². The Morgan fingerprint density at radius 2 is 1.81 bits per heavy atom. The average Bonchev–Trinajstić information content (AvgIpc) is 2.43. The largest absolute Gasteiger partial charge is 0.493 e. The molecule has 1 amide bonds. The minimum absolute atomic E-state index is 0.260. The van der Waals surface area contributed by atoms with Crippen LogP contribution in [0.25, 0.3) is 0 Å². The number of anilines is 2. The number of nitrogens with two attached hydrogens (primary N) is 1. The summed E-state index contributed by atoms with van der Waals surface area (Å²) in [6, 6.07) is 10.0. The van der Waals surface area contributed by atoms with Gasteiger partial charge in [-0.1, -0.05) is 35.3 Å². The molecule has 6 heteroatoms. The molecular formula is C15H14Cl2N2O2. The third kappa shape index (κ3) is 3.40. The van der Waals surface area contributed by atoms with Crippen molar-refractivity contribution in [3.8, 4) is 5.75 Å². The first-order valence-corrected chi connectivity index (χ1v) is 7.06. The minimum atomic E-state index is -0.424. The number of ether oxygens (including phenoxy) is 1. The first-order chi connectivity index (χ1) is 10.0. The van der Waals surface area contributed by atoms with Crippen LogP contribution in [0, 0.1) is 0 Å². The Morgan fingerprint density at radius 1 is 1.19 bits per heavy atom. The minimum Gasteiger partial charge on any atom is -0.493 e. The van der Waals surface area contributed by atoms with Crippen LogP contribution in [0.5, 0.6) is 5.75 Å². The summed E-state index contributed by atoms with van der Waals surface area (Å²) in [5, 5.41) is 3.37. The van der Waals surface area contributed by atoms with Gasteiger partial charge < -0.3 is 15.8 Å². The molecule has 21 heavy (non-hydrogen) atoms. The second-order valence-corrected chi connectivity index (χ2v) is 5.02. The van der Waals surface area contributed by atoms with Crippen molar-refractivity contribution in [2.75, 3.05) is 17.7 Å². The number of amides is 1. The number of hydrogen-bond donors (Lipinski definition) is 2. The molecule has 0 aromatic heterocycles. The van der Waals surface area contributed by atoms with Gasteiger partial charge in [-0.3, -0.25) is 4.79 Å². The van der Waals surface area contributed by atoms with E-state index in [0.29, 0.717) is 33.8 Å².